The number of morpholine rings is 1. The second-order valence-electron chi connectivity index (χ2n) is 9.16. The molecule has 0 saturated carbocycles. The Morgan fingerprint density at radius 1 is 1.06 bits per heavy atom. The van der Waals surface area contributed by atoms with Crippen LogP contribution in [0.3, 0.4) is 0 Å². The van der Waals surface area contributed by atoms with Crippen LogP contribution in [0.4, 0.5) is 11.9 Å². The second kappa shape index (κ2) is 9.93. The van der Waals surface area contributed by atoms with Gasteiger partial charge in [-0.3, -0.25) is 4.84 Å². The van der Waals surface area contributed by atoms with Crippen molar-refractivity contribution >= 4 is 11.9 Å². The second-order valence-corrected chi connectivity index (χ2v) is 9.16. The molecule has 0 spiro atoms. The summed E-state index contributed by atoms with van der Waals surface area (Å²) >= 11 is 0. The van der Waals surface area contributed by atoms with Crippen molar-refractivity contribution in [3.05, 3.63) is 25.3 Å². The normalized spacial score (nSPS) is 21.5. The van der Waals surface area contributed by atoms with E-state index >= 15 is 0 Å². The lowest BCUT2D eigenvalue weighted by molar-refractivity contribution is -0.284. The van der Waals surface area contributed by atoms with Gasteiger partial charge in [-0.05, 0) is 27.7 Å². The minimum Gasteiger partial charge on any atom is -0.460 e. The van der Waals surface area contributed by atoms with Crippen molar-refractivity contribution in [3.8, 4) is 6.01 Å². The van der Waals surface area contributed by atoms with Gasteiger partial charge >= 0.3 is 6.01 Å². The van der Waals surface area contributed by atoms with Crippen LogP contribution in [-0.4, -0.2) is 76.7 Å². The number of ether oxygens (including phenoxy) is 2. The summed E-state index contributed by atoms with van der Waals surface area (Å²) in [5.41, 5.74) is -0.446. The van der Waals surface area contributed by atoms with Gasteiger partial charge in [-0.2, -0.15) is 20.0 Å². The lowest BCUT2D eigenvalue weighted by Gasteiger charge is -2.53. The summed E-state index contributed by atoms with van der Waals surface area (Å²) < 4.78 is 11.8. The smallest absolute Gasteiger partial charge is 0.323 e. The van der Waals surface area contributed by atoms with Gasteiger partial charge in [0.15, 0.2) is 0 Å². The molecule has 9 nitrogen and oxygen atoms in total. The third kappa shape index (κ3) is 5.93. The molecule has 2 aliphatic rings. The summed E-state index contributed by atoms with van der Waals surface area (Å²) in [4.78, 5) is 21.8. The molecule has 0 atom stereocenters. The fraction of sp³-hybridized carbons (Fsp3) is 0.682. The van der Waals surface area contributed by atoms with E-state index in [1.165, 1.54) is 0 Å². The van der Waals surface area contributed by atoms with E-state index in [0.717, 1.165) is 25.9 Å². The molecule has 1 aromatic heterocycles. The quantitative estimate of drug-likeness (QED) is 0.592. The number of aromatic nitrogens is 3. The SMILES string of the molecule is C=CCNc1nc(OC2CC(C)(C)N(OCC=C)C(C)(C)C2)nc(N2CCOCC2)n1. The molecule has 1 aromatic rings. The van der Waals surface area contributed by atoms with Crippen LogP contribution in [0.2, 0.25) is 0 Å². The highest BCUT2D eigenvalue weighted by molar-refractivity contribution is 5.39. The molecule has 2 aliphatic heterocycles. The van der Waals surface area contributed by atoms with Crippen molar-refractivity contribution < 1.29 is 14.3 Å². The molecule has 172 valence electrons. The van der Waals surface area contributed by atoms with E-state index in [9.17, 15) is 0 Å². The number of hydrogen-bond donors (Lipinski definition) is 1. The fourth-order valence-corrected chi connectivity index (χ4v) is 4.43. The van der Waals surface area contributed by atoms with Gasteiger partial charge in [-0.25, -0.2) is 0 Å². The molecule has 1 N–H and O–H groups in total. The van der Waals surface area contributed by atoms with Gasteiger partial charge in [0.05, 0.1) is 19.8 Å². The Balaban J connectivity index is 1.80. The van der Waals surface area contributed by atoms with E-state index in [0.29, 0.717) is 44.3 Å². The molecule has 0 unspecified atom stereocenters. The minimum atomic E-state index is -0.223. The summed E-state index contributed by atoms with van der Waals surface area (Å²) in [6.07, 6.45) is 5.04. The number of nitrogens with zero attached hydrogens (tertiary/aromatic N) is 5. The zero-order valence-corrected chi connectivity index (χ0v) is 19.3. The molecule has 3 rings (SSSR count). The molecule has 3 heterocycles. The maximum Gasteiger partial charge on any atom is 0.323 e. The largest absolute Gasteiger partial charge is 0.460 e. The zero-order valence-electron chi connectivity index (χ0n) is 19.3. The van der Waals surface area contributed by atoms with Crippen LogP contribution < -0.4 is 15.0 Å². The highest BCUT2D eigenvalue weighted by atomic mass is 16.7. The standard InChI is InChI=1S/C22H36N6O3/c1-7-9-23-18-24-19(27-10-13-29-14-11-27)26-20(25-18)31-17-15-21(3,4)28(30-12-8-2)22(5,6)16-17/h7-8,17H,1-2,9-16H2,3-6H3,(H,23,24,25,26). The van der Waals surface area contributed by atoms with Crippen molar-refractivity contribution in [2.24, 2.45) is 0 Å². The van der Waals surface area contributed by atoms with E-state index in [4.69, 9.17) is 14.3 Å². The van der Waals surface area contributed by atoms with Crippen LogP contribution >= 0.6 is 0 Å². The van der Waals surface area contributed by atoms with E-state index in [-0.39, 0.29) is 17.2 Å². The van der Waals surface area contributed by atoms with Crippen LogP contribution in [-0.2, 0) is 9.57 Å². The molecule has 0 radical (unpaired) electrons. The fourth-order valence-electron chi connectivity index (χ4n) is 4.43. The number of hydroxylamine groups is 2. The Morgan fingerprint density at radius 3 is 2.35 bits per heavy atom. The number of piperidine rings is 1. The molecule has 0 aromatic carbocycles. The number of hydrogen-bond acceptors (Lipinski definition) is 9. The first-order chi connectivity index (χ1) is 14.7. The summed E-state index contributed by atoms with van der Waals surface area (Å²) in [7, 11) is 0. The lowest BCUT2D eigenvalue weighted by atomic mass is 9.80. The monoisotopic (exact) mass is 432 g/mol. The molecule has 31 heavy (non-hydrogen) atoms. The number of rotatable bonds is 9. The minimum absolute atomic E-state index is 0.0548. The van der Waals surface area contributed by atoms with Gasteiger partial charge < -0.3 is 19.7 Å². The Kier molecular flexibility index (Phi) is 7.51. The Bertz CT molecular complexity index is 746. The average Bonchev–Trinajstić information content (AvgIpc) is 2.71. The van der Waals surface area contributed by atoms with Gasteiger partial charge in [0.2, 0.25) is 11.9 Å². The van der Waals surface area contributed by atoms with Crippen LogP contribution in [0.15, 0.2) is 25.3 Å². The first-order valence-electron chi connectivity index (χ1n) is 10.9. The molecule has 2 saturated heterocycles. The molecule has 0 amide bonds. The van der Waals surface area contributed by atoms with E-state index in [2.05, 4.69) is 71.1 Å². The molecular formula is C22H36N6O3. The average molecular weight is 433 g/mol. The van der Waals surface area contributed by atoms with Crippen LogP contribution in [0, 0.1) is 0 Å². The van der Waals surface area contributed by atoms with Crippen molar-refractivity contribution in [2.75, 3.05) is 49.7 Å². The summed E-state index contributed by atoms with van der Waals surface area (Å²) in [6.45, 7) is 20.0. The molecule has 0 aliphatic carbocycles. The molecule has 2 fully saturated rings. The van der Waals surface area contributed by atoms with Crippen LogP contribution in [0.25, 0.3) is 0 Å². The zero-order chi connectivity index (χ0) is 22.5. The first-order valence-corrected chi connectivity index (χ1v) is 10.9. The predicted molar refractivity (Wildman–Crippen MR) is 121 cm³/mol. The van der Waals surface area contributed by atoms with Crippen molar-refractivity contribution in [1.29, 1.82) is 0 Å². The van der Waals surface area contributed by atoms with Crippen molar-refractivity contribution in [1.82, 2.24) is 20.0 Å². The maximum atomic E-state index is 6.34. The molecule has 9 heteroatoms. The topological polar surface area (TPSA) is 84.9 Å². The van der Waals surface area contributed by atoms with Gasteiger partial charge in [0.1, 0.15) is 6.10 Å². The van der Waals surface area contributed by atoms with E-state index in [1.807, 2.05) is 0 Å². The third-order valence-corrected chi connectivity index (χ3v) is 5.45. The van der Waals surface area contributed by atoms with Crippen LogP contribution in [0.1, 0.15) is 40.5 Å². The number of nitrogens with one attached hydrogen (secondary N) is 1. The summed E-state index contributed by atoms with van der Waals surface area (Å²) in [5.74, 6) is 1.08. The lowest BCUT2D eigenvalue weighted by Crippen LogP contribution is -2.62. The summed E-state index contributed by atoms with van der Waals surface area (Å²) in [5, 5.41) is 5.23. The van der Waals surface area contributed by atoms with Crippen molar-refractivity contribution in [3.63, 3.8) is 0 Å². The predicted octanol–water partition coefficient (Wildman–Crippen LogP) is 2.82. The highest BCUT2D eigenvalue weighted by Crippen LogP contribution is 2.40. The summed E-state index contributed by atoms with van der Waals surface area (Å²) in [6, 6.07) is 0.333. The molecular weight excluding hydrogens is 396 g/mol. The Morgan fingerprint density at radius 2 is 1.74 bits per heavy atom. The van der Waals surface area contributed by atoms with Crippen molar-refractivity contribution in [2.45, 2.75) is 57.7 Å². The van der Waals surface area contributed by atoms with Gasteiger partial charge in [0.25, 0.3) is 0 Å². The van der Waals surface area contributed by atoms with Gasteiger partial charge in [0, 0.05) is 43.6 Å². The van der Waals surface area contributed by atoms with Gasteiger partial charge in [-0.15, -0.1) is 13.2 Å². The third-order valence-electron chi connectivity index (χ3n) is 5.45. The van der Waals surface area contributed by atoms with E-state index in [1.54, 1.807) is 12.2 Å². The van der Waals surface area contributed by atoms with Gasteiger partial charge in [-0.1, -0.05) is 12.2 Å². The van der Waals surface area contributed by atoms with E-state index < -0.39 is 0 Å². The Labute approximate surface area is 185 Å². The highest BCUT2D eigenvalue weighted by Gasteiger charge is 2.47. The molecule has 0 bridgehead atoms. The Hall–Kier alpha value is -2.23. The number of anilines is 2. The first kappa shape index (κ1) is 23.4. The van der Waals surface area contributed by atoms with Crippen LogP contribution in [0.5, 0.6) is 6.01 Å². The maximum absolute atomic E-state index is 6.34.